The van der Waals surface area contributed by atoms with E-state index in [0.717, 1.165) is 19.1 Å². The van der Waals surface area contributed by atoms with Crippen molar-refractivity contribution in [1.29, 1.82) is 0 Å². The lowest BCUT2D eigenvalue weighted by molar-refractivity contribution is -0.149. The summed E-state index contributed by atoms with van der Waals surface area (Å²) in [5.74, 6) is -1.53. The van der Waals surface area contributed by atoms with Crippen LogP contribution in [0.1, 0.15) is 45.4 Å². The Morgan fingerprint density at radius 1 is 1.31 bits per heavy atom. The van der Waals surface area contributed by atoms with Crippen LogP contribution >= 0.6 is 0 Å². The van der Waals surface area contributed by atoms with E-state index in [-0.39, 0.29) is 19.4 Å². The molecule has 1 amide bonds. The van der Waals surface area contributed by atoms with Crippen molar-refractivity contribution in [2.45, 2.75) is 63.6 Å². The number of hydrogen-bond acceptors (Lipinski definition) is 6. The Labute approximate surface area is 153 Å². The van der Waals surface area contributed by atoms with E-state index in [0.29, 0.717) is 12.6 Å². The number of ether oxygens (including phenoxy) is 2. The number of carbonyl (C=O) groups is 3. The molecule has 1 fully saturated rings. The summed E-state index contributed by atoms with van der Waals surface area (Å²) in [7, 11) is 1.38. The molecular formula is C17H28N4O5. The summed E-state index contributed by atoms with van der Waals surface area (Å²) in [5, 5.41) is 5.86. The second kappa shape index (κ2) is 12.3. The third kappa shape index (κ3) is 8.33. The van der Waals surface area contributed by atoms with Gasteiger partial charge in [0.25, 0.3) is 0 Å². The van der Waals surface area contributed by atoms with Crippen LogP contribution in [0.5, 0.6) is 0 Å². The second-order valence-electron chi connectivity index (χ2n) is 6.29. The maximum Gasteiger partial charge on any atom is 0.328 e. The highest BCUT2D eigenvalue weighted by atomic mass is 16.5. The number of carbonyl (C=O) groups excluding carboxylic acids is 3. The van der Waals surface area contributed by atoms with Gasteiger partial charge in [-0.2, -0.15) is 4.79 Å². The number of esters is 1. The average molecular weight is 368 g/mol. The van der Waals surface area contributed by atoms with E-state index < -0.39 is 29.8 Å². The molecule has 0 bridgehead atoms. The van der Waals surface area contributed by atoms with Gasteiger partial charge in [0, 0.05) is 26.1 Å². The lowest BCUT2D eigenvalue weighted by atomic mass is 10.1. The molecule has 0 spiro atoms. The monoisotopic (exact) mass is 368 g/mol. The highest BCUT2D eigenvalue weighted by Crippen LogP contribution is 2.17. The number of ketones is 1. The summed E-state index contributed by atoms with van der Waals surface area (Å²) in [4.78, 5) is 38.3. The maximum absolute atomic E-state index is 12.3. The lowest BCUT2D eigenvalue weighted by Crippen LogP contribution is -2.46. The van der Waals surface area contributed by atoms with E-state index in [9.17, 15) is 14.4 Å². The largest absolute Gasteiger partial charge is 0.463 e. The predicted octanol–water partition coefficient (Wildman–Crippen LogP) is 0.231. The quantitative estimate of drug-likeness (QED) is 0.167. The SMILES string of the molecule is CO[C@@H](C)C(=O)N[C@@H](CCC(=O)C=[N+]=[N-])C(=O)OCCNC1CCCC1. The maximum atomic E-state index is 12.3. The van der Waals surface area contributed by atoms with E-state index in [1.54, 1.807) is 6.92 Å². The van der Waals surface area contributed by atoms with Crippen molar-refractivity contribution in [3.63, 3.8) is 0 Å². The van der Waals surface area contributed by atoms with Crippen LogP contribution in [0, 0.1) is 0 Å². The first-order valence-corrected chi connectivity index (χ1v) is 8.91. The smallest absolute Gasteiger partial charge is 0.328 e. The molecule has 2 atom stereocenters. The van der Waals surface area contributed by atoms with Crippen molar-refractivity contribution in [3.8, 4) is 0 Å². The molecule has 0 aromatic heterocycles. The van der Waals surface area contributed by atoms with Crippen LogP contribution in [0.15, 0.2) is 0 Å². The summed E-state index contributed by atoms with van der Waals surface area (Å²) in [5.41, 5.74) is 8.36. The molecule has 1 saturated carbocycles. The van der Waals surface area contributed by atoms with Crippen LogP contribution in [0.25, 0.3) is 5.53 Å². The second-order valence-corrected chi connectivity index (χ2v) is 6.29. The van der Waals surface area contributed by atoms with Gasteiger partial charge in [-0.3, -0.25) is 9.59 Å². The molecule has 0 aliphatic heterocycles. The number of methoxy groups -OCH3 is 1. The van der Waals surface area contributed by atoms with Crippen molar-refractivity contribution in [2.75, 3.05) is 20.3 Å². The first-order chi connectivity index (χ1) is 12.5. The van der Waals surface area contributed by atoms with Gasteiger partial charge in [0.2, 0.25) is 11.7 Å². The number of rotatable bonds is 12. The van der Waals surface area contributed by atoms with Gasteiger partial charge in [-0.05, 0) is 26.2 Å². The van der Waals surface area contributed by atoms with Crippen LogP contribution in [-0.2, 0) is 23.9 Å². The fourth-order valence-corrected chi connectivity index (χ4v) is 2.71. The molecule has 9 heteroatoms. The Morgan fingerprint density at radius 3 is 2.62 bits per heavy atom. The zero-order valence-corrected chi connectivity index (χ0v) is 15.4. The van der Waals surface area contributed by atoms with Crippen LogP contribution < -0.4 is 10.6 Å². The number of amides is 1. The minimum atomic E-state index is -0.970. The first kappa shape index (κ1) is 22.0. The molecule has 0 aromatic rings. The Kier molecular flexibility index (Phi) is 10.4. The third-order valence-corrected chi connectivity index (χ3v) is 4.34. The van der Waals surface area contributed by atoms with E-state index in [4.69, 9.17) is 15.0 Å². The van der Waals surface area contributed by atoms with Gasteiger partial charge in [-0.15, -0.1) is 0 Å². The molecule has 1 aliphatic rings. The fourth-order valence-electron chi connectivity index (χ4n) is 2.71. The normalized spacial score (nSPS) is 16.4. The zero-order valence-electron chi connectivity index (χ0n) is 15.4. The summed E-state index contributed by atoms with van der Waals surface area (Å²) in [6.45, 7) is 2.28. The zero-order chi connectivity index (χ0) is 19.4. The topological polar surface area (TPSA) is 130 Å². The van der Waals surface area contributed by atoms with Gasteiger partial charge >= 0.3 is 12.2 Å². The van der Waals surface area contributed by atoms with Gasteiger partial charge in [0.15, 0.2) is 0 Å². The Hall–Kier alpha value is -2.09. The number of hydrogen-bond donors (Lipinski definition) is 2. The number of nitrogens with one attached hydrogen (secondary N) is 2. The minimum Gasteiger partial charge on any atom is -0.463 e. The molecule has 0 aromatic carbocycles. The number of nitrogens with zero attached hydrogens (tertiary/aromatic N) is 2. The number of Topliss-reactive ketones (excluding diaryl/α,β-unsaturated/α-hetero) is 1. The molecule has 0 radical (unpaired) electrons. The molecule has 0 saturated heterocycles. The average Bonchev–Trinajstić information content (AvgIpc) is 3.14. The summed E-state index contributed by atoms with van der Waals surface area (Å²) in [6.07, 6.45) is 4.71. The Bertz CT molecular complexity index is 527. The predicted molar refractivity (Wildman–Crippen MR) is 93.5 cm³/mol. The Morgan fingerprint density at radius 2 is 2.00 bits per heavy atom. The van der Waals surface area contributed by atoms with Gasteiger partial charge in [0.1, 0.15) is 18.8 Å². The molecule has 0 heterocycles. The van der Waals surface area contributed by atoms with Gasteiger partial charge in [-0.25, -0.2) is 4.79 Å². The molecule has 9 nitrogen and oxygen atoms in total. The van der Waals surface area contributed by atoms with Crippen molar-refractivity contribution < 1.29 is 28.6 Å². The van der Waals surface area contributed by atoms with Crippen molar-refractivity contribution in [2.24, 2.45) is 0 Å². The van der Waals surface area contributed by atoms with Gasteiger partial charge in [-0.1, -0.05) is 12.8 Å². The molecule has 0 unspecified atom stereocenters. The fraction of sp³-hybridized carbons (Fsp3) is 0.765. The highest BCUT2D eigenvalue weighted by Gasteiger charge is 2.25. The van der Waals surface area contributed by atoms with Crippen LogP contribution in [-0.4, -0.2) is 67.1 Å². The van der Waals surface area contributed by atoms with E-state index in [1.807, 2.05) is 0 Å². The van der Waals surface area contributed by atoms with Crippen molar-refractivity contribution in [1.82, 2.24) is 10.6 Å². The minimum absolute atomic E-state index is 0.0436. The first-order valence-electron chi connectivity index (χ1n) is 8.91. The lowest BCUT2D eigenvalue weighted by Gasteiger charge is -2.19. The molecule has 1 rings (SSSR count). The van der Waals surface area contributed by atoms with Crippen molar-refractivity contribution in [3.05, 3.63) is 5.53 Å². The molecular weight excluding hydrogens is 340 g/mol. The van der Waals surface area contributed by atoms with Crippen molar-refractivity contribution >= 4 is 23.9 Å². The molecule has 146 valence electrons. The van der Waals surface area contributed by atoms with E-state index in [2.05, 4.69) is 15.4 Å². The molecule has 2 N–H and O–H groups in total. The summed E-state index contributed by atoms with van der Waals surface area (Å²) >= 11 is 0. The van der Waals surface area contributed by atoms with Crippen LogP contribution in [0.4, 0.5) is 0 Å². The summed E-state index contributed by atoms with van der Waals surface area (Å²) < 4.78 is 10.1. The van der Waals surface area contributed by atoms with E-state index >= 15 is 0 Å². The van der Waals surface area contributed by atoms with Crippen LogP contribution in [0.2, 0.25) is 0 Å². The van der Waals surface area contributed by atoms with E-state index in [1.165, 1.54) is 20.0 Å². The third-order valence-electron chi connectivity index (χ3n) is 4.34. The van der Waals surface area contributed by atoms with Gasteiger partial charge < -0.3 is 25.6 Å². The standard InChI is InChI=1S/C17H28N4O5/c1-12(25-2)16(23)21-15(8-7-14(22)11-20-18)17(24)26-10-9-19-13-5-3-4-6-13/h11-13,15,19H,3-10H2,1-2H3,(H,21,23)/t12-,15-/m0/s1. The summed E-state index contributed by atoms with van der Waals surface area (Å²) in [6, 6.07) is -0.496. The molecule has 1 aliphatic carbocycles. The van der Waals surface area contributed by atoms with Gasteiger partial charge in [0.05, 0.1) is 0 Å². The molecule has 26 heavy (non-hydrogen) atoms. The Balaban J connectivity index is 2.48. The van der Waals surface area contributed by atoms with Crippen LogP contribution in [0.3, 0.4) is 0 Å². The highest BCUT2D eigenvalue weighted by molar-refractivity contribution is 6.25.